The highest BCUT2D eigenvalue weighted by molar-refractivity contribution is 7.71. The van der Waals surface area contributed by atoms with Crippen LogP contribution in [0.1, 0.15) is 21.4 Å². The summed E-state index contributed by atoms with van der Waals surface area (Å²) in [6, 6.07) is 17.2. The number of aromatic amines is 1. The third-order valence-corrected chi connectivity index (χ3v) is 7.33. The van der Waals surface area contributed by atoms with Crippen LogP contribution in [-0.2, 0) is 13.1 Å². The second kappa shape index (κ2) is 7.16. The Labute approximate surface area is 170 Å². The van der Waals surface area contributed by atoms with E-state index in [9.17, 15) is 0 Å². The highest BCUT2D eigenvalue weighted by Gasteiger charge is 2.34. The van der Waals surface area contributed by atoms with E-state index in [0.717, 1.165) is 31.0 Å². The summed E-state index contributed by atoms with van der Waals surface area (Å²) in [5, 5.41) is 7.81. The van der Waals surface area contributed by atoms with E-state index in [1.54, 1.807) is 0 Å². The highest BCUT2D eigenvalue weighted by atomic mass is 32.1. The number of benzene rings is 1. The van der Waals surface area contributed by atoms with E-state index in [2.05, 4.69) is 51.2 Å². The van der Waals surface area contributed by atoms with Gasteiger partial charge in [-0.15, -0.1) is 22.7 Å². The summed E-state index contributed by atoms with van der Waals surface area (Å²) >= 11 is 9.28. The molecule has 0 aliphatic carbocycles. The molecule has 4 heterocycles. The smallest absolute Gasteiger partial charge is 0.221 e. The average molecular weight is 412 g/mol. The molecule has 2 N–H and O–H groups in total. The van der Waals surface area contributed by atoms with Gasteiger partial charge in [-0.2, -0.15) is 4.98 Å². The monoisotopic (exact) mass is 411 g/mol. The zero-order chi connectivity index (χ0) is 18.2. The van der Waals surface area contributed by atoms with Crippen LogP contribution in [0.4, 0.5) is 0 Å². The van der Waals surface area contributed by atoms with Crippen molar-refractivity contribution in [1.82, 2.24) is 14.8 Å². The molecule has 7 heteroatoms. The molecule has 5 rings (SSSR count). The number of thiophene rings is 2. The van der Waals surface area contributed by atoms with Gasteiger partial charge >= 0.3 is 0 Å². The minimum Gasteiger partial charge on any atom is -0.305 e. The predicted molar refractivity (Wildman–Crippen MR) is 113 cm³/mol. The normalized spacial score (nSPS) is 19.1. The highest BCUT2D eigenvalue weighted by Crippen LogP contribution is 2.31. The molecule has 4 aromatic rings. The molecule has 0 radical (unpaired) electrons. The summed E-state index contributed by atoms with van der Waals surface area (Å²) < 4.78 is 2.63. The van der Waals surface area contributed by atoms with E-state index in [1.807, 2.05) is 45.6 Å². The molecular weight excluding hydrogens is 392 g/mol. The number of rotatable bonds is 4. The van der Waals surface area contributed by atoms with Gasteiger partial charge in [-0.3, -0.25) is 5.10 Å². The van der Waals surface area contributed by atoms with Gasteiger partial charge in [0.25, 0.3) is 0 Å². The summed E-state index contributed by atoms with van der Waals surface area (Å²) in [4.78, 5) is 9.02. The average Bonchev–Trinajstić information content (AvgIpc) is 3.44. The fraction of sp³-hybridized carbons (Fsp3) is 0.200. The Morgan fingerprint density at radius 1 is 1.11 bits per heavy atom. The topological polar surface area (TPSA) is 38.0 Å². The lowest BCUT2D eigenvalue weighted by atomic mass is 9.99. The number of hydrogen-bond acceptors (Lipinski definition) is 4. The first-order valence-electron chi connectivity index (χ1n) is 8.96. The summed E-state index contributed by atoms with van der Waals surface area (Å²) in [6.45, 7) is 1.88. The van der Waals surface area contributed by atoms with E-state index in [0.29, 0.717) is 10.8 Å². The molecule has 1 aliphatic rings. The lowest BCUT2D eigenvalue weighted by Crippen LogP contribution is -3.12. The molecule has 1 unspecified atom stereocenters. The lowest BCUT2D eigenvalue weighted by molar-refractivity contribution is -0.950. The molecule has 0 fully saturated rings. The van der Waals surface area contributed by atoms with Crippen molar-refractivity contribution < 1.29 is 4.90 Å². The molecule has 0 bridgehead atoms. The van der Waals surface area contributed by atoms with Gasteiger partial charge in [-0.05, 0) is 35.1 Å². The molecule has 136 valence electrons. The fourth-order valence-electron chi connectivity index (χ4n) is 3.82. The fourth-order valence-corrected chi connectivity index (χ4v) is 5.85. The summed E-state index contributed by atoms with van der Waals surface area (Å²) in [5.74, 6) is 0.834. The van der Waals surface area contributed by atoms with E-state index >= 15 is 0 Å². The van der Waals surface area contributed by atoms with Gasteiger partial charge in [-0.25, -0.2) is 4.68 Å². The van der Waals surface area contributed by atoms with Crippen LogP contribution in [0.5, 0.6) is 0 Å². The van der Waals surface area contributed by atoms with Crippen LogP contribution in [0.25, 0.3) is 11.4 Å². The van der Waals surface area contributed by atoms with Crippen molar-refractivity contribution >= 4 is 34.9 Å². The zero-order valence-electron chi connectivity index (χ0n) is 14.6. The van der Waals surface area contributed by atoms with Crippen molar-refractivity contribution in [2.45, 2.75) is 19.1 Å². The van der Waals surface area contributed by atoms with Crippen LogP contribution in [0.15, 0.2) is 59.3 Å². The van der Waals surface area contributed by atoms with Crippen molar-refractivity contribution in [3.05, 3.63) is 79.4 Å². The predicted octanol–water partition coefficient (Wildman–Crippen LogP) is 3.92. The quantitative estimate of drug-likeness (QED) is 0.500. The van der Waals surface area contributed by atoms with E-state index < -0.39 is 0 Å². The Bertz CT molecular complexity index is 1090. The standard InChI is InChI=1S/C20H18N4S3/c25-20-21-19(14-5-2-1-3-6-14)22-24(20)13-23-10-8-16-15(9-12-27-16)18(23)17-7-4-11-26-17/h1-7,9,11-12,18H,8,10,13H2,(H,21,22,25)/p+1/t18-/m1/s1. The van der Waals surface area contributed by atoms with Gasteiger partial charge in [0.05, 0.1) is 11.4 Å². The molecule has 2 atom stereocenters. The maximum Gasteiger partial charge on any atom is 0.221 e. The number of aromatic nitrogens is 3. The van der Waals surface area contributed by atoms with Crippen LogP contribution in [0, 0.1) is 4.77 Å². The van der Waals surface area contributed by atoms with Crippen LogP contribution in [-0.4, -0.2) is 21.3 Å². The number of nitrogens with one attached hydrogen (secondary N) is 2. The minimum absolute atomic E-state index is 0.366. The Hall–Kier alpha value is -2.06. The largest absolute Gasteiger partial charge is 0.305 e. The van der Waals surface area contributed by atoms with Crippen molar-refractivity contribution in [1.29, 1.82) is 0 Å². The summed E-state index contributed by atoms with van der Waals surface area (Å²) in [7, 11) is 0. The van der Waals surface area contributed by atoms with Crippen molar-refractivity contribution in [3.8, 4) is 11.4 Å². The van der Waals surface area contributed by atoms with Gasteiger partial charge in [0.15, 0.2) is 18.5 Å². The molecule has 0 amide bonds. The minimum atomic E-state index is 0.366. The maximum absolute atomic E-state index is 5.55. The van der Waals surface area contributed by atoms with E-state index in [1.165, 1.54) is 20.2 Å². The molecule has 27 heavy (non-hydrogen) atoms. The van der Waals surface area contributed by atoms with Gasteiger partial charge in [0, 0.05) is 22.4 Å². The third kappa shape index (κ3) is 3.21. The Morgan fingerprint density at radius 3 is 2.81 bits per heavy atom. The van der Waals surface area contributed by atoms with Gasteiger partial charge < -0.3 is 4.90 Å². The number of nitrogens with zero attached hydrogens (tertiary/aromatic N) is 2. The van der Waals surface area contributed by atoms with Crippen LogP contribution < -0.4 is 4.90 Å². The molecule has 0 saturated heterocycles. The van der Waals surface area contributed by atoms with Crippen molar-refractivity contribution in [2.24, 2.45) is 0 Å². The first kappa shape index (κ1) is 17.1. The lowest BCUT2D eigenvalue weighted by Gasteiger charge is -2.32. The van der Waals surface area contributed by atoms with E-state index in [-0.39, 0.29) is 0 Å². The van der Waals surface area contributed by atoms with Gasteiger partial charge in [0.1, 0.15) is 0 Å². The SMILES string of the molecule is S=c1nc(-c2ccccc2)[nH]n1C[NH+]1CCc2sccc2[C@@H]1c1cccs1. The van der Waals surface area contributed by atoms with Gasteiger partial charge in [-0.1, -0.05) is 36.4 Å². The maximum atomic E-state index is 5.55. The van der Waals surface area contributed by atoms with E-state index in [4.69, 9.17) is 12.2 Å². The molecule has 0 saturated carbocycles. The Kier molecular flexibility index (Phi) is 4.53. The molecule has 3 aromatic heterocycles. The Morgan fingerprint density at radius 2 is 2.00 bits per heavy atom. The zero-order valence-corrected chi connectivity index (χ0v) is 17.0. The summed E-state index contributed by atoms with van der Waals surface area (Å²) in [5.41, 5.74) is 2.53. The molecule has 0 spiro atoms. The van der Waals surface area contributed by atoms with Crippen LogP contribution >= 0.6 is 34.9 Å². The first-order chi connectivity index (χ1) is 13.3. The molecular formula is C20H19N4S3+. The molecule has 4 nitrogen and oxygen atoms in total. The van der Waals surface area contributed by atoms with Crippen LogP contribution in [0.3, 0.4) is 0 Å². The Balaban J connectivity index is 1.48. The van der Waals surface area contributed by atoms with Crippen molar-refractivity contribution in [2.75, 3.05) is 6.54 Å². The summed E-state index contributed by atoms with van der Waals surface area (Å²) in [6.07, 6.45) is 1.12. The second-order valence-corrected chi connectivity index (χ2v) is 9.06. The molecule has 1 aliphatic heterocycles. The van der Waals surface area contributed by atoms with Crippen molar-refractivity contribution in [3.63, 3.8) is 0 Å². The third-order valence-electron chi connectivity index (χ3n) is 5.09. The van der Waals surface area contributed by atoms with Gasteiger partial charge in [0.2, 0.25) is 4.77 Å². The molecule has 1 aromatic carbocycles. The second-order valence-electron chi connectivity index (χ2n) is 6.71. The number of quaternary nitrogens is 1. The number of fused-ring (bicyclic) bond motifs is 1. The number of hydrogen-bond donors (Lipinski definition) is 2. The first-order valence-corrected chi connectivity index (χ1v) is 11.1. The van der Waals surface area contributed by atoms with Crippen LogP contribution in [0.2, 0.25) is 0 Å². The number of H-pyrrole nitrogens is 1.